The van der Waals surface area contributed by atoms with Crippen LogP contribution in [0.5, 0.6) is 0 Å². The van der Waals surface area contributed by atoms with E-state index in [-0.39, 0.29) is 0 Å². The second kappa shape index (κ2) is 9.85. The summed E-state index contributed by atoms with van der Waals surface area (Å²) in [6.45, 7) is 5.30. The number of nitrogens with one attached hydrogen (secondary N) is 3. The van der Waals surface area contributed by atoms with Crippen LogP contribution in [0.15, 0.2) is 73.1 Å². The minimum Gasteiger partial charge on any atom is -0.385 e. The average molecular weight is 428 g/mol. The van der Waals surface area contributed by atoms with Crippen LogP contribution in [0.25, 0.3) is 10.9 Å². The molecular formula is C26H29N5O. The maximum absolute atomic E-state index is 5.43. The topological polar surface area (TPSA) is 65.2 Å². The fourth-order valence-electron chi connectivity index (χ4n) is 4.15. The Bertz CT molecular complexity index is 1150. The molecule has 164 valence electrons. The van der Waals surface area contributed by atoms with Gasteiger partial charge in [-0.25, -0.2) is 0 Å². The zero-order valence-corrected chi connectivity index (χ0v) is 18.2. The number of aromatic nitrogens is 2. The molecule has 0 spiro atoms. The number of benzene rings is 2. The maximum Gasteiger partial charge on any atom is 0.0594 e. The van der Waals surface area contributed by atoms with Gasteiger partial charge in [0, 0.05) is 66.5 Å². The predicted molar refractivity (Wildman–Crippen MR) is 131 cm³/mol. The summed E-state index contributed by atoms with van der Waals surface area (Å²) in [6, 6.07) is 21.0. The van der Waals surface area contributed by atoms with Crippen molar-refractivity contribution in [1.82, 2.24) is 14.9 Å². The molecule has 2 aromatic carbocycles. The Hall–Kier alpha value is -3.35. The Labute approximate surface area is 188 Å². The summed E-state index contributed by atoms with van der Waals surface area (Å²) in [4.78, 5) is 10.3. The van der Waals surface area contributed by atoms with Crippen LogP contribution in [0.3, 0.4) is 0 Å². The molecule has 0 saturated carbocycles. The summed E-state index contributed by atoms with van der Waals surface area (Å²) >= 11 is 0. The molecule has 4 aromatic rings. The molecule has 1 saturated heterocycles. The first kappa shape index (κ1) is 20.5. The number of ether oxygens (including phenoxy) is 1. The molecule has 1 aliphatic rings. The highest BCUT2D eigenvalue weighted by Crippen LogP contribution is 2.21. The molecule has 3 heterocycles. The highest BCUT2D eigenvalue weighted by molar-refractivity contribution is 5.83. The number of fused-ring (bicyclic) bond motifs is 1. The van der Waals surface area contributed by atoms with E-state index >= 15 is 0 Å². The van der Waals surface area contributed by atoms with Crippen molar-refractivity contribution in [2.45, 2.75) is 13.0 Å². The van der Waals surface area contributed by atoms with Gasteiger partial charge in [0.15, 0.2) is 0 Å². The fraction of sp³-hybridized carbons (Fsp3) is 0.269. The summed E-state index contributed by atoms with van der Waals surface area (Å²) in [7, 11) is 0. The number of aromatic amines is 1. The first-order valence-electron chi connectivity index (χ1n) is 11.2. The van der Waals surface area contributed by atoms with Gasteiger partial charge in [0.25, 0.3) is 0 Å². The van der Waals surface area contributed by atoms with Gasteiger partial charge in [-0.15, -0.1) is 0 Å². The van der Waals surface area contributed by atoms with Gasteiger partial charge in [0.1, 0.15) is 0 Å². The van der Waals surface area contributed by atoms with Crippen LogP contribution >= 0.6 is 0 Å². The van der Waals surface area contributed by atoms with Crippen molar-refractivity contribution in [2.24, 2.45) is 0 Å². The Morgan fingerprint density at radius 3 is 2.62 bits per heavy atom. The van der Waals surface area contributed by atoms with Crippen LogP contribution in [0.4, 0.5) is 17.1 Å². The number of anilines is 3. The van der Waals surface area contributed by atoms with Gasteiger partial charge >= 0.3 is 0 Å². The van der Waals surface area contributed by atoms with Crippen LogP contribution in [0.2, 0.25) is 0 Å². The third kappa shape index (κ3) is 5.10. The second-order valence-electron chi connectivity index (χ2n) is 8.16. The molecule has 0 amide bonds. The predicted octanol–water partition coefficient (Wildman–Crippen LogP) is 4.79. The SMILES string of the molecule is c1ccc2c(CCNc3ccc(Nc4ccnc(CN5CCOCC5)c4)cc3)c[nH]c2c1. The highest BCUT2D eigenvalue weighted by atomic mass is 16.5. The number of H-pyrrole nitrogens is 1. The van der Waals surface area contributed by atoms with Gasteiger partial charge in [-0.2, -0.15) is 0 Å². The van der Waals surface area contributed by atoms with Crippen molar-refractivity contribution < 1.29 is 4.74 Å². The fourth-order valence-corrected chi connectivity index (χ4v) is 4.15. The molecule has 6 heteroatoms. The standard InChI is InChI=1S/C26H29N5O/c1-2-4-26-25(3-1)20(18-29-26)9-11-27-21-5-7-22(8-6-21)30-23-10-12-28-24(17-23)19-31-13-15-32-16-14-31/h1-8,10,12,17-18,27,29H,9,11,13-16,19H2,(H,28,30). The quantitative estimate of drug-likeness (QED) is 0.377. The minimum absolute atomic E-state index is 0.806. The Balaban J connectivity index is 1.14. The monoisotopic (exact) mass is 427 g/mol. The first-order valence-corrected chi connectivity index (χ1v) is 11.2. The molecule has 2 aromatic heterocycles. The number of hydrogen-bond acceptors (Lipinski definition) is 5. The van der Waals surface area contributed by atoms with E-state index in [1.54, 1.807) is 0 Å². The van der Waals surface area contributed by atoms with Crippen LogP contribution in [-0.2, 0) is 17.7 Å². The zero-order valence-electron chi connectivity index (χ0n) is 18.2. The second-order valence-corrected chi connectivity index (χ2v) is 8.16. The van der Waals surface area contributed by atoms with Gasteiger partial charge in [0.05, 0.1) is 18.9 Å². The smallest absolute Gasteiger partial charge is 0.0594 e. The molecule has 3 N–H and O–H groups in total. The largest absolute Gasteiger partial charge is 0.385 e. The molecular weight excluding hydrogens is 398 g/mol. The van der Waals surface area contributed by atoms with Crippen LogP contribution in [0.1, 0.15) is 11.3 Å². The number of hydrogen-bond donors (Lipinski definition) is 3. The van der Waals surface area contributed by atoms with Gasteiger partial charge < -0.3 is 20.4 Å². The van der Waals surface area contributed by atoms with E-state index in [9.17, 15) is 0 Å². The van der Waals surface area contributed by atoms with Gasteiger partial charge in [-0.1, -0.05) is 18.2 Å². The summed E-state index contributed by atoms with van der Waals surface area (Å²) in [5.41, 5.74) is 6.86. The van der Waals surface area contributed by atoms with E-state index in [4.69, 9.17) is 4.74 Å². The number of nitrogens with zero attached hydrogens (tertiary/aromatic N) is 2. The third-order valence-corrected chi connectivity index (χ3v) is 5.88. The first-order chi connectivity index (χ1) is 15.8. The average Bonchev–Trinajstić information content (AvgIpc) is 3.24. The van der Waals surface area contributed by atoms with Crippen LogP contribution < -0.4 is 10.6 Å². The molecule has 0 radical (unpaired) electrons. The Kier molecular flexibility index (Phi) is 6.32. The Morgan fingerprint density at radius 1 is 0.938 bits per heavy atom. The van der Waals surface area contributed by atoms with Gasteiger partial charge in [0.2, 0.25) is 0 Å². The van der Waals surface area contributed by atoms with Crippen molar-refractivity contribution in [3.8, 4) is 0 Å². The van der Waals surface area contributed by atoms with Crippen LogP contribution in [-0.4, -0.2) is 47.7 Å². The molecule has 1 fully saturated rings. The summed E-state index contributed by atoms with van der Waals surface area (Å²) in [5, 5.41) is 8.32. The lowest BCUT2D eigenvalue weighted by Crippen LogP contribution is -2.35. The molecule has 1 aliphatic heterocycles. The number of morpholine rings is 1. The van der Waals surface area contributed by atoms with Crippen molar-refractivity contribution in [1.29, 1.82) is 0 Å². The molecule has 0 unspecified atom stereocenters. The molecule has 32 heavy (non-hydrogen) atoms. The van der Waals surface area contributed by atoms with Gasteiger partial charge in [-0.3, -0.25) is 9.88 Å². The maximum atomic E-state index is 5.43. The van der Waals surface area contributed by atoms with Crippen LogP contribution in [0, 0.1) is 0 Å². The molecule has 0 aliphatic carbocycles. The zero-order chi connectivity index (χ0) is 21.6. The molecule has 5 rings (SSSR count). The van der Waals surface area contributed by atoms with E-state index in [1.807, 2.05) is 12.3 Å². The summed E-state index contributed by atoms with van der Waals surface area (Å²) in [6.07, 6.45) is 4.97. The lowest BCUT2D eigenvalue weighted by molar-refractivity contribution is 0.0336. The molecule has 6 nitrogen and oxygen atoms in total. The Morgan fingerprint density at radius 2 is 1.75 bits per heavy atom. The summed E-state index contributed by atoms with van der Waals surface area (Å²) < 4.78 is 5.43. The minimum atomic E-state index is 0.806. The van der Waals surface area contributed by atoms with Gasteiger partial charge in [-0.05, 0) is 54.4 Å². The number of para-hydroxylation sites is 1. The van der Waals surface area contributed by atoms with E-state index in [0.29, 0.717) is 0 Å². The van der Waals surface area contributed by atoms with Crippen molar-refractivity contribution in [3.05, 3.63) is 84.3 Å². The number of pyridine rings is 1. The molecule has 0 atom stereocenters. The lowest BCUT2D eigenvalue weighted by atomic mass is 10.1. The third-order valence-electron chi connectivity index (χ3n) is 5.88. The lowest BCUT2D eigenvalue weighted by Gasteiger charge is -2.26. The normalized spacial score (nSPS) is 14.5. The van der Waals surface area contributed by atoms with E-state index < -0.39 is 0 Å². The highest BCUT2D eigenvalue weighted by Gasteiger charge is 2.11. The van der Waals surface area contributed by atoms with E-state index in [2.05, 4.69) is 86.3 Å². The van der Waals surface area contributed by atoms with E-state index in [1.165, 1.54) is 16.5 Å². The summed E-state index contributed by atoms with van der Waals surface area (Å²) in [5.74, 6) is 0. The van der Waals surface area contributed by atoms with Crippen molar-refractivity contribution >= 4 is 28.0 Å². The van der Waals surface area contributed by atoms with E-state index in [0.717, 1.165) is 68.6 Å². The van der Waals surface area contributed by atoms with Crippen molar-refractivity contribution in [2.75, 3.05) is 43.5 Å². The van der Waals surface area contributed by atoms with Crippen molar-refractivity contribution in [3.63, 3.8) is 0 Å². The number of rotatable bonds is 8. The molecule has 0 bridgehead atoms.